The summed E-state index contributed by atoms with van der Waals surface area (Å²) in [7, 11) is 1.53. The lowest BCUT2D eigenvalue weighted by Crippen LogP contribution is -2.27. The third-order valence-electron chi connectivity index (χ3n) is 3.62. The topological polar surface area (TPSA) is 64.6 Å². The number of hydrogen-bond acceptors (Lipinski definition) is 4. The monoisotopic (exact) mass is 363 g/mol. The summed E-state index contributed by atoms with van der Waals surface area (Å²) in [6, 6.07) is 8.18. The van der Waals surface area contributed by atoms with E-state index in [4.69, 9.17) is 9.47 Å². The van der Waals surface area contributed by atoms with Crippen LogP contribution >= 0.6 is 0 Å². The van der Waals surface area contributed by atoms with Gasteiger partial charge in [0.1, 0.15) is 24.0 Å². The van der Waals surface area contributed by atoms with Gasteiger partial charge in [-0.1, -0.05) is 11.6 Å². The smallest absolute Gasteiger partial charge is 0.307 e. The highest BCUT2D eigenvalue weighted by Crippen LogP contribution is 2.20. The summed E-state index contributed by atoms with van der Waals surface area (Å²) < 4.78 is 36.7. The summed E-state index contributed by atoms with van der Waals surface area (Å²) in [5.74, 6) is -2.36. The molecule has 0 aromatic heterocycles. The zero-order chi connectivity index (χ0) is 19.1. The number of rotatable bonds is 7. The molecule has 2 rings (SSSR count). The van der Waals surface area contributed by atoms with Crippen molar-refractivity contribution in [2.24, 2.45) is 0 Å². The number of carbonyl (C=O) groups excluding carboxylic acids is 2. The Kier molecular flexibility index (Phi) is 6.66. The van der Waals surface area contributed by atoms with Crippen molar-refractivity contribution in [1.82, 2.24) is 5.32 Å². The van der Waals surface area contributed by atoms with Gasteiger partial charge in [-0.15, -0.1) is 0 Å². The van der Waals surface area contributed by atoms with Crippen LogP contribution in [0.4, 0.5) is 8.78 Å². The number of hydrogen-bond donors (Lipinski definition) is 1. The van der Waals surface area contributed by atoms with Crippen molar-refractivity contribution < 1.29 is 27.8 Å². The highest BCUT2D eigenvalue weighted by atomic mass is 19.1. The molecule has 7 heteroatoms. The van der Waals surface area contributed by atoms with Crippen LogP contribution < -0.4 is 10.1 Å². The minimum Gasteiger partial charge on any atom is -0.496 e. The van der Waals surface area contributed by atoms with E-state index in [9.17, 15) is 18.4 Å². The van der Waals surface area contributed by atoms with Crippen LogP contribution in [0.2, 0.25) is 0 Å². The van der Waals surface area contributed by atoms with Crippen LogP contribution in [0.3, 0.4) is 0 Å². The second kappa shape index (κ2) is 8.94. The summed E-state index contributed by atoms with van der Waals surface area (Å²) in [5, 5.41) is 2.39. The van der Waals surface area contributed by atoms with Crippen LogP contribution in [0.25, 0.3) is 0 Å². The lowest BCUT2D eigenvalue weighted by Gasteiger charge is -2.10. The molecule has 0 heterocycles. The highest BCUT2D eigenvalue weighted by Gasteiger charge is 2.13. The first-order chi connectivity index (χ1) is 12.4. The van der Waals surface area contributed by atoms with Crippen LogP contribution in [0.1, 0.15) is 27.9 Å². The number of ether oxygens (including phenoxy) is 2. The van der Waals surface area contributed by atoms with Crippen LogP contribution in [0.15, 0.2) is 36.4 Å². The second-order valence-electron chi connectivity index (χ2n) is 5.61. The van der Waals surface area contributed by atoms with Gasteiger partial charge < -0.3 is 14.8 Å². The number of halogens is 2. The fourth-order valence-electron chi connectivity index (χ4n) is 2.30. The second-order valence-corrected chi connectivity index (χ2v) is 5.61. The van der Waals surface area contributed by atoms with E-state index in [0.29, 0.717) is 11.8 Å². The van der Waals surface area contributed by atoms with Crippen LogP contribution in [0, 0.1) is 18.6 Å². The standard InChI is InChI=1S/C19H19F2NO4/c1-12-3-6-17(25-2)13(9-12)11-26-18(23)7-8-22-19(24)15-5-4-14(20)10-16(15)21/h3-6,9-10H,7-8,11H2,1-2H3,(H,22,24). The maximum atomic E-state index is 13.5. The van der Waals surface area contributed by atoms with Gasteiger partial charge in [-0.25, -0.2) is 8.78 Å². The molecule has 0 saturated carbocycles. The zero-order valence-corrected chi connectivity index (χ0v) is 14.5. The molecule has 0 atom stereocenters. The quantitative estimate of drug-likeness (QED) is 0.768. The normalized spacial score (nSPS) is 10.3. The molecule has 0 saturated heterocycles. The SMILES string of the molecule is COc1ccc(C)cc1COC(=O)CCNC(=O)c1ccc(F)cc1F. The maximum absolute atomic E-state index is 13.5. The summed E-state index contributed by atoms with van der Waals surface area (Å²) in [6.07, 6.45) is -0.0807. The number of nitrogens with one attached hydrogen (secondary N) is 1. The van der Waals surface area contributed by atoms with Crippen molar-refractivity contribution in [3.8, 4) is 5.75 Å². The summed E-state index contributed by atoms with van der Waals surface area (Å²) >= 11 is 0. The van der Waals surface area contributed by atoms with Crippen molar-refractivity contribution >= 4 is 11.9 Å². The van der Waals surface area contributed by atoms with Gasteiger partial charge in [0.2, 0.25) is 0 Å². The molecule has 0 aliphatic rings. The van der Waals surface area contributed by atoms with Crippen LogP contribution in [-0.4, -0.2) is 25.5 Å². The Bertz CT molecular complexity index is 808. The maximum Gasteiger partial charge on any atom is 0.307 e. The van der Waals surface area contributed by atoms with Gasteiger partial charge in [-0.05, 0) is 31.2 Å². The Labute approximate surface area is 149 Å². The van der Waals surface area contributed by atoms with Gasteiger partial charge in [-0.2, -0.15) is 0 Å². The minimum absolute atomic E-state index is 0.0283. The van der Waals surface area contributed by atoms with Gasteiger partial charge in [0.15, 0.2) is 0 Å². The third-order valence-corrected chi connectivity index (χ3v) is 3.62. The van der Waals surface area contributed by atoms with E-state index in [1.807, 2.05) is 19.1 Å². The lowest BCUT2D eigenvalue weighted by molar-refractivity contribution is -0.144. The van der Waals surface area contributed by atoms with E-state index in [2.05, 4.69) is 5.32 Å². The molecular formula is C19H19F2NO4. The van der Waals surface area contributed by atoms with Gasteiger partial charge >= 0.3 is 5.97 Å². The van der Waals surface area contributed by atoms with E-state index in [-0.39, 0.29) is 25.1 Å². The molecular weight excluding hydrogens is 344 g/mol. The number of aryl methyl sites for hydroxylation is 1. The summed E-state index contributed by atoms with van der Waals surface area (Å²) in [4.78, 5) is 23.6. The molecule has 0 fully saturated rings. The number of carbonyl (C=O) groups is 2. The Balaban J connectivity index is 1.80. The van der Waals surface area contributed by atoms with Crippen molar-refractivity contribution in [2.45, 2.75) is 20.0 Å². The first-order valence-corrected chi connectivity index (χ1v) is 7.93. The molecule has 0 radical (unpaired) electrons. The largest absolute Gasteiger partial charge is 0.496 e. The molecule has 138 valence electrons. The molecule has 2 aromatic carbocycles. The van der Waals surface area contributed by atoms with E-state index >= 15 is 0 Å². The Morgan fingerprint density at radius 2 is 1.88 bits per heavy atom. The molecule has 0 aliphatic heterocycles. The van der Waals surface area contributed by atoms with Crippen molar-refractivity contribution in [3.05, 3.63) is 64.7 Å². The van der Waals surface area contributed by atoms with Gasteiger partial charge in [0.25, 0.3) is 5.91 Å². The Hall–Kier alpha value is -2.96. The van der Waals surface area contributed by atoms with Gasteiger partial charge in [0, 0.05) is 18.2 Å². The zero-order valence-electron chi connectivity index (χ0n) is 14.5. The van der Waals surface area contributed by atoms with Crippen molar-refractivity contribution in [3.63, 3.8) is 0 Å². The molecule has 0 spiro atoms. The van der Waals surface area contributed by atoms with Crippen LogP contribution in [0.5, 0.6) is 5.75 Å². The van der Waals surface area contributed by atoms with E-state index in [0.717, 1.165) is 23.3 Å². The number of benzene rings is 2. The summed E-state index contributed by atoms with van der Waals surface area (Å²) in [5.41, 5.74) is 1.45. The fraction of sp³-hybridized carbons (Fsp3) is 0.263. The first kappa shape index (κ1) is 19.4. The Morgan fingerprint density at radius 3 is 2.58 bits per heavy atom. The third kappa shape index (κ3) is 5.27. The molecule has 2 aromatic rings. The molecule has 1 N–H and O–H groups in total. The van der Waals surface area contributed by atoms with E-state index < -0.39 is 23.5 Å². The number of methoxy groups -OCH3 is 1. The first-order valence-electron chi connectivity index (χ1n) is 7.93. The molecule has 26 heavy (non-hydrogen) atoms. The molecule has 5 nitrogen and oxygen atoms in total. The molecule has 1 amide bonds. The average molecular weight is 363 g/mol. The average Bonchev–Trinajstić information content (AvgIpc) is 2.60. The fourth-order valence-corrected chi connectivity index (χ4v) is 2.30. The van der Waals surface area contributed by atoms with Crippen molar-refractivity contribution in [1.29, 1.82) is 0 Å². The highest BCUT2D eigenvalue weighted by molar-refractivity contribution is 5.94. The van der Waals surface area contributed by atoms with Gasteiger partial charge in [0.05, 0.1) is 19.1 Å². The number of amides is 1. The molecule has 0 unspecified atom stereocenters. The van der Waals surface area contributed by atoms with Gasteiger partial charge in [-0.3, -0.25) is 9.59 Å². The lowest BCUT2D eigenvalue weighted by atomic mass is 10.1. The van der Waals surface area contributed by atoms with Crippen LogP contribution in [-0.2, 0) is 16.1 Å². The minimum atomic E-state index is -0.961. The predicted molar refractivity (Wildman–Crippen MR) is 90.8 cm³/mol. The predicted octanol–water partition coefficient (Wildman–Crippen LogP) is 3.15. The van der Waals surface area contributed by atoms with E-state index in [1.165, 1.54) is 7.11 Å². The van der Waals surface area contributed by atoms with E-state index in [1.54, 1.807) is 6.07 Å². The molecule has 0 aliphatic carbocycles. The summed E-state index contributed by atoms with van der Waals surface area (Å²) in [6.45, 7) is 1.93. The van der Waals surface area contributed by atoms with Crippen molar-refractivity contribution in [2.75, 3.05) is 13.7 Å². The Morgan fingerprint density at radius 1 is 1.12 bits per heavy atom. The number of esters is 1. The molecule has 0 bridgehead atoms.